The molecule has 0 aromatic carbocycles. The lowest BCUT2D eigenvalue weighted by Crippen LogP contribution is -2.60. The van der Waals surface area contributed by atoms with Crippen molar-refractivity contribution in [2.24, 2.45) is 12.0 Å². The molecule has 3 fully saturated rings. The molecule has 1 saturated carbocycles. The highest BCUT2D eigenvalue weighted by atomic mass is 127. The van der Waals surface area contributed by atoms with E-state index in [0.29, 0.717) is 5.54 Å². The molecular formula is C21H37IN6OS. The Morgan fingerprint density at radius 1 is 1.27 bits per heavy atom. The van der Waals surface area contributed by atoms with Crippen LogP contribution in [0, 0.1) is 0 Å². The summed E-state index contributed by atoms with van der Waals surface area (Å²) in [5, 5.41) is 8.08. The molecule has 2 saturated heterocycles. The van der Waals surface area contributed by atoms with Crippen LogP contribution in [-0.4, -0.2) is 89.0 Å². The summed E-state index contributed by atoms with van der Waals surface area (Å²) < 4.78 is 7.87. The third kappa shape index (κ3) is 5.63. The first kappa shape index (κ1) is 24.1. The van der Waals surface area contributed by atoms with Gasteiger partial charge in [-0.25, -0.2) is 0 Å². The van der Waals surface area contributed by atoms with Crippen molar-refractivity contribution in [1.82, 2.24) is 24.9 Å². The van der Waals surface area contributed by atoms with E-state index in [-0.39, 0.29) is 30.1 Å². The SMILES string of the molecule is CN=C(NCC1(N2CCSCC2)CCCCC1)N1CCOC(c2cnn(C)c2)C1.I. The van der Waals surface area contributed by atoms with E-state index in [4.69, 9.17) is 4.74 Å². The Morgan fingerprint density at radius 2 is 2.03 bits per heavy atom. The maximum absolute atomic E-state index is 6.02. The number of halogens is 1. The number of aryl methyl sites for hydroxylation is 1. The molecule has 0 radical (unpaired) electrons. The number of aromatic nitrogens is 2. The van der Waals surface area contributed by atoms with Gasteiger partial charge in [-0.3, -0.25) is 14.6 Å². The minimum absolute atomic E-state index is 0. The normalized spacial score (nSPS) is 25.6. The quantitative estimate of drug-likeness (QED) is 0.355. The van der Waals surface area contributed by atoms with Gasteiger partial charge in [-0.2, -0.15) is 16.9 Å². The van der Waals surface area contributed by atoms with E-state index in [1.54, 1.807) is 0 Å². The summed E-state index contributed by atoms with van der Waals surface area (Å²) in [7, 11) is 3.86. The summed E-state index contributed by atoms with van der Waals surface area (Å²) in [4.78, 5) is 9.77. The van der Waals surface area contributed by atoms with Gasteiger partial charge in [0.15, 0.2) is 5.96 Å². The minimum Gasteiger partial charge on any atom is -0.370 e. The number of aliphatic imine (C=N–C) groups is 1. The lowest BCUT2D eigenvalue weighted by molar-refractivity contribution is -0.00866. The third-order valence-corrected chi connectivity index (χ3v) is 7.66. The zero-order valence-corrected chi connectivity index (χ0v) is 21.5. The molecule has 30 heavy (non-hydrogen) atoms. The number of rotatable bonds is 4. The predicted molar refractivity (Wildman–Crippen MR) is 135 cm³/mol. The van der Waals surface area contributed by atoms with Gasteiger partial charge in [0.2, 0.25) is 0 Å². The number of thioether (sulfide) groups is 1. The highest BCUT2D eigenvalue weighted by Crippen LogP contribution is 2.35. The average molecular weight is 549 g/mol. The summed E-state index contributed by atoms with van der Waals surface area (Å²) in [5.74, 6) is 3.55. The summed E-state index contributed by atoms with van der Waals surface area (Å²) in [6, 6.07) is 0. The van der Waals surface area contributed by atoms with Crippen LogP contribution < -0.4 is 5.32 Å². The molecule has 1 aliphatic carbocycles. The second-order valence-corrected chi connectivity index (χ2v) is 9.76. The minimum atomic E-state index is 0. The van der Waals surface area contributed by atoms with Gasteiger partial charge in [0.1, 0.15) is 6.10 Å². The number of nitrogens with zero attached hydrogens (tertiary/aromatic N) is 5. The standard InChI is InChI=1S/C21H36N6OS.HI/c1-22-20(26-8-11-28-19(16-26)18-14-24-25(2)15-18)23-17-21(6-4-3-5-7-21)27-9-12-29-13-10-27;/h14-15,19H,3-13,16-17H2,1-2H3,(H,22,23);1H. The lowest BCUT2D eigenvalue weighted by atomic mass is 9.80. The van der Waals surface area contributed by atoms with Crippen LogP contribution in [0.1, 0.15) is 43.8 Å². The van der Waals surface area contributed by atoms with Crippen LogP contribution in [0.5, 0.6) is 0 Å². The van der Waals surface area contributed by atoms with E-state index in [0.717, 1.165) is 37.8 Å². The van der Waals surface area contributed by atoms with Crippen LogP contribution in [0.4, 0.5) is 0 Å². The molecular weight excluding hydrogens is 511 g/mol. The summed E-state index contributed by atoms with van der Waals surface area (Å²) in [5.41, 5.74) is 1.44. The first-order valence-electron chi connectivity index (χ1n) is 11.1. The Morgan fingerprint density at radius 3 is 2.70 bits per heavy atom. The van der Waals surface area contributed by atoms with E-state index in [2.05, 4.69) is 43.2 Å². The number of nitrogens with one attached hydrogen (secondary N) is 1. The van der Waals surface area contributed by atoms with E-state index in [1.165, 1.54) is 56.7 Å². The van der Waals surface area contributed by atoms with Gasteiger partial charge in [-0.05, 0) is 12.8 Å². The summed E-state index contributed by atoms with van der Waals surface area (Å²) in [6.45, 7) is 5.87. The molecule has 0 bridgehead atoms. The van der Waals surface area contributed by atoms with Crippen LogP contribution in [0.3, 0.4) is 0 Å². The van der Waals surface area contributed by atoms with Crippen molar-refractivity contribution in [2.75, 3.05) is 57.9 Å². The number of hydrogen-bond acceptors (Lipinski definition) is 5. The Labute approximate surface area is 202 Å². The van der Waals surface area contributed by atoms with Gasteiger partial charge in [-0.15, -0.1) is 24.0 Å². The van der Waals surface area contributed by atoms with Crippen LogP contribution in [0.25, 0.3) is 0 Å². The first-order chi connectivity index (χ1) is 14.2. The van der Waals surface area contributed by atoms with Crippen molar-refractivity contribution in [1.29, 1.82) is 0 Å². The second-order valence-electron chi connectivity index (χ2n) is 8.54. The highest BCUT2D eigenvalue weighted by Gasteiger charge is 2.39. The first-order valence-corrected chi connectivity index (χ1v) is 12.2. The number of hydrogen-bond donors (Lipinski definition) is 1. The Kier molecular flexibility index (Phi) is 9.15. The molecule has 0 amide bonds. The van der Waals surface area contributed by atoms with Gasteiger partial charge < -0.3 is 15.0 Å². The molecule has 1 atom stereocenters. The van der Waals surface area contributed by atoms with Crippen LogP contribution in [-0.2, 0) is 11.8 Å². The summed E-state index contributed by atoms with van der Waals surface area (Å²) in [6.07, 6.45) is 10.7. The summed E-state index contributed by atoms with van der Waals surface area (Å²) >= 11 is 2.10. The molecule has 3 heterocycles. The van der Waals surface area contributed by atoms with Crippen molar-refractivity contribution in [2.45, 2.75) is 43.7 Å². The predicted octanol–water partition coefficient (Wildman–Crippen LogP) is 2.74. The molecule has 3 aliphatic rings. The molecule has 0 spiro atoms. The molecule has 1 unspecified atom stereocenters. The fourth-order valence-electron chi connectivity index (χ4n) is 5.08. The van der Waals surface area contributed by atoms with Crippen molar-refractivity contribution in [3.8, 4) is 0 Å². The smallest absolute Gasteiger partial charge is 0.193 e. The largest absolute Gasteiger partial charge is 0.370 e. The number of ether oxygens (including phenoxy) is 1. The van der Waals surface area contributed by atoms with E-state index >= 15 is 0 Å². The number of guanidine groups is 1. The van der Waals surface area contributed by atoms with Gasteiger partial charge in [0.05, 0.1) is 19.3 Å². The van der Waals surface area contributed by atoms with Gasteiger partial charge in [0.25, 0.3) is 0 Å². The van der Waals surface area contributed by atoms with Crippen LogP contribution >= 0.6 is 35.7 Å². The van der Waals surface area contributed by atoms with E-state index in [1.807, 2.05) is 25.0 Å². The lowest BCUT2D eigenvalue weighted by Gasteiger charge is -2.48. The van der Waals surface area contributed by atoms with Gasteiger partial charge >= 0.3 is 0 Å². The topological polar surface area (TPSA) is 57.9 Å². The maximum atomic E-state index is 6.02. The Hall–Kier alpha value is -0.520. The molecule has 1 aromatic rings. The maximum Gasteiger partial charge on any atom is 0.193 e. The van der Waals surface area contributed by atoms with Gasteiger partial charge in [-0.1, -0.05) is 19.3 Å². The fourth-order valence-corrected chi connectivity index (χ4v) is 5.98. The van der Waals surface area contributed by atoms with E-state index < -0.39 is 0 Å². The van der Waals surface area contributed by atoms with Crippen molar-refractivity contribution >= 4 is 41.7 Å². The van der Waals surface area contributed by atoms with E-state index in [9.17, 15) is 0 Å². The number of morpholine rings is 1. The van der Waals surface area contributed by atoms with Crippen molar-refractivity contribution in [3.05, 3.63) is 18.0 Å². The Balaban J connectivity index is 0.00000256. The zero-order valence-electron chi connectivity index (χ0n) is 18.4. The van der Waals surface area contributed by atoms with Crippen molar-refractivity contribution < 1.29 is 4.74 Å². The Bertz CT molecular complexity index is 687. The second kappa shape index (κ2) is 11.4. The third-order valence-electron chi connectivity index (χ3n) is 6.72. The fraction of sp³-hybridized carbons (Fsp3) is 0.810. The van der Waals surface area contributed by atoms with Gasteiger partial charge in [0, 0.05) is 69.1 Å². The molecule has 1 aromatic heterocycles. The molecule has 9 heteroatoms. The van der Waals surface area contributed by atoms with Crippen LogP contribution in [0.2, 0.25) is 0 Å². The van der Waals surface area contributed by atoms with Crippen molar-refractivity contribution in [3.63, 3.8) is 0 Å². The highest BCUT2D eigenvalue weighted by molar-refractivity contribution is 14.0. The molecule has 170 valence electrons. The molecule has 2 aliphatic heterocycles. The average Bonchev–Trinajstić information content (AvgIpc) is 3.22. The molecule has 1 N–H and O–H groups in total. The molecule has 4 rings (SSSR count). The monoisotopic (exact) mass is 548 g/mol. The molecule has 7 nitrogen and oxygen atoms in total. The van der Waals surface area contributed by atoms with Crippen LogP contribution in [0.15, 0.2) is 17.4 Å². The zero-order chi connectivity index (χ0) is 20.1.